The number of Topliss-reactive ketones (excluding diaryl/α,β-unsaturated/α-hetero) is 1. The van der Waals surface area contributed by atoms with E-state index in [0.717, 1.165) is 12.8 Å². The van der Waals surface area contributed by atoms with Crippen LogP contribution in [0.1, 0.15) is 39.5 Å². The van der Waals surface area contributed by atoms with Crippen LogP contribution in [0.25, 0.3) is 0 Å². The van der Waals surface area contributed by atoms with Crippen LogP contribution in [-0.2, 0) is 14.4 Å². The van der Waals surface area contributed by atoms with E-state index >= 15 is 0 Å². The summed E-state index contributed by atoms with van der Waals surface area (Å²) in [6.45, 7) is 3.79. The predicted molar refractivity (Wildman–Crippen MR) is 96.3 cm³/mol. The molecule has 0 bridgehead atoms. The van der Waals surface area contributed by atoms with Crippen LogP contribution in [0, 0.1) is 5.92 Å². The number of rotatable bonds is 5. The molecule has 134 valence electrons. The number of nitrogens with one attached hydrogen (secondary N) is 2. The second kappa shape index (κ2) is 7.35. The van der Waals surface area contributed by atoms with Crippen LogP contribution in [0.2, 0.25) is 0 Å². The second-order valence-electron chi connectivity index (χ2n) is 7.18. The lowest BCUT2D eigenvalue weighted by atomic mass is 9.92. The van der Waals surface area contributed by atoms with Crippen molar-refractivity contribution in [3.05, 3.63) is 24.3 Å². The molecule has 0 radical (unpaired) electrons. The number of piperidine rings is 1. The summed E-state index contributed by atoms with van der Waals surface area (Å²) < 4.78 is 0. The van der Waals surface area contributed by atoms with Crippen LogP contribution in [0.15, 0.2) is 24.3 Å². The summed E-state index contributed by atoms with van der Waals surface area (Å²) >= 11 is 0. The number of carbonyl (C=O) groups excluding carboxylic acids is 3. The van der Waals surface area contributed by atoms with Gasteiger partial charge in [0.05, 0.1) is 6.54 Å². The van der Waals surface area contributed by atoms with E-state index in [1.165, 1.54) is 6.92 Å². The molecule has 1 saturated heterocycles. The summed E-state index contributed by atoms with van der Waals surface area (Å²) in [7, 11) is 0. The molecule has 6 heteroatoms. The Labute approximate surface area is 148 Å². The van der Waals surface area contributed by atoms with Gasteiger partial charge in [-0.2, -0.15) is 0 Å². The Kier molecular flexibility index (Phi) is 5.18. The molecule has 1 aliphatic heterocycles. The molecule has 2 amide bonds. The van der Waals surface area contributed by atoms with E-state index in [-0.39, 0.29) is 23.9 Å². The van der Waals surface area contributed by atoms with E-state index in [4.69, 9.17) is 0 Å². The van der Waals surface area contributed by atoms with Crippen molar-refractivity contribution in [2.75, 3.05) is 17.2 Å². The zero-order valence-corrected chi connectivity index (χ0v) is 14.7. The number of ketones is 1. The normalized spacial score (nSPS) is 24.0. The molecule has 2 fully saturated rings. The highest BCUT2D eigenvalue weighted by Gasteiger charge is 2.42. The Bertz CT molecular complexity index is 667. The van der Waals surface area contributed by atoms with Crippen LogP contribution in [-0.4, -0.2) is 41.1 Å². The van der Waals surface area contributed by atoms with Gasteiger partial charge in [0.2, 0.25) is 11.8 Å². The molecule has 0 spiro atoms. The van der Waals surface area contributed by atoms with Gasteiger partial charge in [-0.25, -0.2) is 0 Å². The van der Waals surface area contributed by atoms with E-state index in [2.05, 4.69) is 15.5 Å². The van der Waals surface area contributed by atoms with Gasteiger partial charge in [0.25, 0.3) is 0 Å². The smallest absolute Gasteiger partial charge is 0.238 e. The summed E-state index contributed by atoms with van der Waals surface area (Å²) in [4.78, 5) is 37.6. The Morgan fingerprint density at radius 2 is 1.68 bits per heavy atom. The monoisotopic (exact) mass is 343 g/mol. The van der Waals surface area contributed by atoms with Gasteiger partial charge < -0.3 is 10.6 Å². The largest absolute Gasteiger partial charge is 0.326 e. The number of hydrogen-bond donors (Lipinski definition) is 2. The first-order valence-corrected chi connectivity index (χ1v) is 8.87. The van der Waals surface area contributed by atoms with Crippen molar-refractivity contribution in [2.24, 2.45) is 5.92 Å². The highest BCUT2D eigenvalue weighted by Crippen LogP contribution is 2.40. The van der Waals surface area contributed by atoms with Gasteiger partial charge in [-0.05, 0) is 49.9 Å². The molecule has 6 nitrogen and oxygen atoms in total. The fourth-order valence-electron chi connectivity index (χ4n) is 3.61. The van der Waals surface area contributed by atoms with Crippen molar-refractivity contribution < 1.29 is 14.4 Å². The van der Waals surface area contributed by atoms with Crippen molar-refractivity contribution in [3.63, 3.8) is 0 Å². The van der Waals surface area contributed by atoms with Crippen LogP contribution in [0.4, 0.5) is 11.4 Å². The standard InChI is InChI=1S/C19H25N3O3/c1-12-9-17(24)10-18(14-3-4-14)22(12)11-19(25)21-16-7-5-15(6-8-16)20-13(2)23/h5-8,12,14,18H,3-4,9-11H2,1-2H3,(H,20,23)(H,21,25)/t12-,18+/m1/s1. The summed E-state index contributed by atoms with van der Waals surface area (Å²) in [6, 6.07) is 7.37. The third-order valence-electron chi connectivity index (χ3n) is 4.93. The maximum atomic E-state index is 12.5. The van der Waals surface area contributed by atoms with E-state index in [9.17, 15) is 14.4 Å². The van der Waals surface area contributed by atoms with Gasteiger partial charge in [-0.3, -0.25) is 19.3 Å². The highest BCUT2D eigenvalue weighted by molar-refractivity contribution is 5.93. The summed E-state index contributed by atoms with van der Waals surface area (Å²) in [5.74, 6) is 0.682. The lowest BCUT2D eigenvalue weighted by Crippen LogP contribution is -2.52. The molecule has 2 aliphatic rings. The SMILES string of the molecule is CC(=O)Nc1ccc(NC(=O)CN2[C@H](C)CC(=O)C[C@H]2C2CC2)cc1. The van der Waals surface area contributed by atoms with Gasteiger partial charge in [0.1, 0.15) is 5.78 Å². The molecule has 1 heterocycles. The zero-order chi connectivity index (χ0) is 18.0. The third-order valence-corrected chi connectivity index (χ3v) is 4.93. The number of amides is 2. The van der Waals surface area contributed by atoms with Gasteiger partial charge >= 0.3 is 0 Å². The average Bonchev–Trinajstić information content (AvgIpc) is 3.36. The Morgan fingerprint density at radius 3 is 2.24 bits per heavy atom. The first-order valence-electron chi connectivity index (χ1n) is 8.87. The first kappa shape index (κ1) is 17.6. The van der Waals surface area contributed by atoms with Gasteiger partial charge in [0.15, 0.2) is 0 Å². The topological polar surface area (TPSA) is 78.5 Å². The third kappa shape index (κ3) is 4.66. The average molecular weight is 343 g/mol. The van der Waals surface area contributed by atoms with Crippen LogP contribution in [0.5, 0.6) is 0 Å². The van der Waals surface area contributed by atoms with E-state index in [1.54, 1.807) is 24.3 Å². The molecule has 25 heavy (non-hydrogen) atoms. The van der Waals surface area contributed by atoms with Crippen molar-refractivity contribution in [2.45, 2.75) is 51.6 Å². The van der Waals surface area contributed by atoms with Crippen molar-refractivity contribution >= 4 is 29.0 Å². The van der Waals surface area contributed by atoms with E-state index in [0.29, 0.717) is 42.5 Å². The summed E-state index contributed by atoms with van der Waals surface area (Å²) in [6.07, 6.45) is 3.43. The predicted octanol–water partition coefficient (Wildman–Crippen LogP) is 2.42. The van der Waals surface area contributed by atoms with Crippen LogP contribution < -0.4 is 10.6 Å². The molecule has 0 unspecified atom stereocenters. The number of anilines is 2. The number of benzene rings is 1. The van der Waals surface area contributed by atoms with Gasteiger partial charge in [-0.15, -0.1) is 0 Å². The molecule has 2 atom stereocenters. The number of hydrogen-bond acceptors (Lipinski definition) is 4. The maximum absolute atomic E-state index is 12.5. The molecular formula is C19H25N3O3. The molecule has 2 N–H and O–H groups in total. The molecule has 1 aliphatic carbocycles. The molecule has 1 aromatic carbocycles. The Balaban J connectivity index is 1.59. The number of likely N-dealkylation sites (tertiary alicyclic amines) is 1. The summed E-state index contributed by atoms with van der Waals surface area (Å²) in [5.41, 5.74) is 1.39. The van der Waals surface area contributed by atoms with Crippen molar-refractivity contribution in [3.8, 4) is 0 Å². The first-order chi connectivity index (χ1) is 11.9. The lowest BCUT2D eigenvalue weighted by molar-refractivity contribution is -0.129. The molecular weight excluding hydrogens is 318 g/mol. The zero-order valence-electron chi connectivity index (χ0n) is 14.7. The molecule has 1 saturated carbocycles. The number of carbonyl (C=O) groups is 3. The van der Waals surface area contributed by atoms with E-state index in [1.807, 2.05) is 6.92 Å². The van der Waals surface area contributed by atoms with Crippen molar-refractivity contribution in [1.82, 2.24) is 4.90 Å². The minimum Gasteiger partial charge on any atom is -0.326 e. The van der Waals surface area contributed by atoms with E-state index < -0.39 is 0 Å². The summed E-state index contributed by atoms with van der Waals surface area (Å²) in [5, 5.41) is 5.60. The maximum Gasteiger partial charge on any atom is 0.238 e. The Hall–Kier alpha value is -2.21. The fourth-order valence-corrected chi connectivity index (χ4v) is 3.61. The fraction of sp³-hybridized carbons (Fsp3) is 0.526. The lowest BCUT2D eigenvalue weighted by Gasteiger charge is -2.39. The molecule has 3 rings (SSSR count). The van der Waals surface area contributed by atoms with Crippen LogP contribution >= 0.6 is 0 Å². The minimum atomic E-state index is -0.128. The molecule has 1 aromatic rings. The Morgan fingerprint density at radius 1 is 1.08 bits per heavy atom. The van der Waals surface area contributed by atoms with Crippen molar-refractivity contribution in [1.29, 1.82) is 0 Å². The minimum absolute atomic E-state index is 0.0703. The quantitative estimate of drug-likeness (QED) is 0.861. The van der Waals surface area contributed by atoms with Gasteiger partial charge in [0, 0.05) is 43.2 Å². The molecule has 0 aromatic heterocycles. The second-order valence-corrected chi connectivity index (χ2v) is 7.18. The number of nitrogens with zero attached hydrogens (tertiary/aromatic N) is 1. The highest BCUT2D eigenvalue weighted by atomic mass is 16.2. The van der Waals surface area contributed by atoms with Crippen LogP contribution in [0.3, 0.4) is 0 Å². The van der Waals surface area contributed by atoms with Gasteiger partial charge in [-0.1, -0.05) is 0 Å².